The Labute approximate surface area is 230 Å². The Hall–Kier alpha value is -5.44. The standard InChI is InChI=1S/C31H26N8O/c1-18-7-6-8-20-13-23(39(19(2)27(18)20)22-9-4-3-5-10-22)16-38-25-15-34-17-35-30(32)28(25)29(37-38)21-11-12-26-24(14-21)36-31(33)40-26/h3-14,17H,2,15-16H2,1H3,(H2,33,36)(H2,32,34,35). The first-order valence-corrected chi connectivity index (χ1v) is 12.9. The normalized spacial score (nSPS) is 14.5. The summed E-state index contributed by atoms with van der Waals surface area (Å²) in [7, 11) is 0. The van der Waals surface area contributed by atoms with Crippen LogP contribution >= 0.6 is 0 Å². The lowest BCUT2D eigenvalue weighted by Gasteiger charge is -2.35. The van der Waals surface area contributed by atoms with Crippen LogP contribution in [-0.4, -0.2) is 26.9 Å². The number of hydrogen-bond acceptors (Lipinski definition) is 8. The molecule has 0 radical (unpaired) electrons. The van der Waals surface area contributed by atoms with Crippen molar-refractivity contribution in [1.82, 2.24) is 14.8 Å². The van der Waals surface area contributed by atoms with Crippen LogP contribution in [-0.2, 0) is 13.1 Å². The number of benzene rings is 3. The Morgan fingerprint density at radius 1 is 1.00 bits per heavy atom. The largest absolute Gasteiger partial charge is 0.424 e. The van der Waals surface area contributed by atoms with E-state index in [0.717, 1.165) is 45.0 Å². The van der Waals surface area contributed by atoms with Gasteiger partial charge in [-0.2, -0.15) is 10.1 Å². The van der Waals surface area contributed by atoms with Gasteiger partial charge in [-0.3, -0.25) is 9.67 Å². The zero-order valence-corrected chi connectivity index (χ0v) is 21.9. The number of aliphatic imine (C=N–C) groups is 2. The number of fused-ring (bicyclic) bond motifs is 3. The second kappa shape index (κ2) is 9.09. The Kier molecular flexibility index (Phi) is 5.38. The van der Waals surface area contributed by atoms with Gasteiger partial charge in [0, 0.05) is 28.2 Å². The van der Waals surface area contributed by atoms with Gasteiger partial charge in [0.1, 0.15) is 23.4 Å². The number of allylic oxidation sites excluding steroid dienone is 1. The summed E-state index contributed by atoms with van der Waals surface area (Å²) >= 11 is 0. The van der Waals surface area contributed by atoms with Crippen LogP contribution in [0.25, 0.3) is 34.1 Å². The van der Waals surface area contributed by atoms with Gasteiger partial charge >= 0.3 is 0 Å². The van der Waals surface area contributed by atoms with E-state index in [2.05, 4.69) is 69.8 Å². The highest BCUT2D eigenvalue weighted by molar-refractivity contribution is 6.07. The van der Waals surface area contributed by atoms with E-state index in [4.69, 9.17) is 21.0 Å². The second-order valence-corrected chi connectivity index (χ2v) is 9.83. The highest BCUT2D eigenvalue weighted by Gasteiger charge is 2.28. The van der Waals surface area contributed by atoms with Gasteiger partial charge in [-0.25, -0.2) is 4.99 Å². The molecule has 2 aliphatic rings. The van der Waals surface area contributed by atoms with Crippen molar-refractivity contribution >= 4 is 46.7 Å². The lowest BCUT2D eigenvalue weighted by Crippen LogP contribution is -2.28. The average molecular weight is 527 g/mol. The van der Waals surface area contributed by atoms with Crippen molar-refractivity contribution in [2.45, 2.75) is 20.0 Å². The van der Waals surface area contributed by atoms with E-state index in [1.165, 1.54) is 11.9 Å². The van der Waals surface area contributed by atoms with Gasteiger partial charge in [0.2, 0.25) is 0 Å². The molecule has 0 bridgehead atoms. The molecule has 0 saturated heterocycles. The van der Waals surface area contributed by atoms with E-state index in [-0.39, 0.29) is 6.01 Å². The molecular formula is C31H26N8O. The number of para-hydroxylation sites is 1. The molecule has 4 N–H and O–H groups in total. The highest BCUT2D eigenvalue weighted by atomic mass is 16.4. The fourth-order valence-electron chi connectivity index (χ4n) is 5.55. The van der Waals surface area contributed by atoms with Crippen molar-refractivity contribution in [3.63, 3.8) is 0 Å². The van der Waals surface area contributed by atoms with Gasteiger partial charge in [-0.1, -0.05) is 43.0 Å². The maximum Gasteiger partial charge on any atom is 0.292 e. The number of nitrogens with two attached hydrogens (primary N) is 2. The number of aromatic nitrogens is 3. The smallest absolute Gasteiger partial charge is 0.292 e. The lowest BCUT2D eigenvalue weighted by atomic mass is 9.94. The molecular weight excluding hydrogens is 500 g/mol. The van der Waals surface area contributed by atoms with Crippen LogP contribution < -0.4 is 16.4 Å². The van der Waals surface area contributed by atoms with Crippen molar-refractivity contribution < 1.29 is 4.42 Å². The third-order valence-electron chi connectivity index (χ3n) is 7.31. The molecule has 0 aliphatic carbocycles. The van der Waals surface area contributed by atoms with E-state index in [9.17, 15) is 0 Å². The summed E-state index contributed by atoms with van der Waals surface area (Å²) in [5.41, 5.74) is 23.1. The third-order valence-corrected chi connectivity index (χ3v) is 7.31. The SMILES string of the molecule is C=C1c2c(C)cccc2C=C(Cn2nc(-c3ccc4oc(N)nc4c3)c3c2CN=CN=C3N)N1c1ccccc1. The fraction of sp³-hybridized carbons (Fsp3) is 0.0968. The number of nitrogen functional groups attached to an aromatic ring is 1. The van der Waals surface area contributed by atoms with Crippen LogP contribution in [0.15, 0.2) is 93.4 Å². The predicted octanol–water partition coefficient (Wildman–Crippen LogP) is 5.36. The van der Waals surface area contributed by atoms with Crippen molar-refractivity contribution in [2.75, 3.05) is 10.6 Å². The number of rotatable bonds is 4. The molecule has 0 unspecified atom stereocenters. The number of oxazole rings is 1. The van der Waals surface area contributed by atoms with Gasteiger partial charge in [-0.15, -0.1) is 0 Å². The zero-order chi connectivity index (χ0) is 27.4. The molecule has 2 aliphatic heterocycles. The summed E-state index contributed by atoms with van der Waals surface area (Å²) in [5, 5.41) is 5.08. The first-order chi connectivity index (χ1) is 19.5. The number of anilines is 2. The molecule has 0 atom stereocenters. The summed E-state index contributed by atoms with van der Waals surface area (Å²) in [4.78, 5) is 15.3. The average Bonchev–Trinajstić information content (AvgIpc) is 3.43. The molecule has 40 heavy (non-hydrogen) atoms. The summed E-state index contributed by atoms with van der Waals surface area (Å²) in [6.07, 6.45) is 3.71. The predicted molar refractivity (Wildman–Crippen MR) is 160 cm³/mol. The molecule has 3 aromatic carbocycles. The van der Waals surface area contributed by atoms with Crippen molar-refractivity contribution in [3.8, 4) is 11.3 Å². The Morgan fingerprint density at radius 2 is 1.85 bits per heavy atom. The Morgan fingerprint density at radius 3 is 2.70 bits per heavy atom. The molecule has 0 fully saturated rings. The van der Waals surface area contributed by atoms with Crippen LogP contribution in [0.2, 0.25) is 0 Å². The van der Waals surface area contributed by atoms with Crippen LogP contribution in [0.1, 0.15) is 27.9 Å². The van der Waals surface area contributed by atoms with Crippen molar-refractivity contribution in [1.29, 1.82) is 0 Å². The van der Waals surface area contributed by atoms with Gasteiger partial charge in [0.15, 0.2) is 5.58 Å². The summed E-state index contributed by atoms with van der Waals surface area (Å²) in [6, 6.07) is 22.3. The second-order valence-electron chi connectivity index (χ2n) is 9.83. The molecule has 196 valence electrons. The third kappa shape index (κ3) is 3.79. The monoisotopic (exact) mass is 526 g/mol. The van der Waals surface area contributed by atoms with E-state index in [0.29, 0.717) is 35.7 Å². The molecule has 0 saturated carbocycles. The summed E-state index contributed by atoms with van der Waals surface area (Å²) < 4.78 is 7.44. The van der Waals surface area contributed by atoms with Crippen LogP contribution in [0.3, 0.4) is 0 Å². The number of amidine groups is 1. The molecule has 0 amide bonds. The van der Waals surface area contributed by atoms with Gasteiger partial charge in [-0.05, 0) is 54.5 Å². The van der Waals surface area contributed by atoms with Crippen LogP contribution in [0.4, 0.5) is 11.7 Å². The number of nitrogens with zero attached hydrogens (tertiary/aromatic N) is 6. The highest BCUT2D eigenvalue weighted by Crippen LogP contribution is 2.39. The Bertz CT molecular complexity index is 1910. The quantitative estimate of drug-likeness (QED) is 0.325. The van der Waals surface area contributed by atoms with Gasteiger partial charge in [0.25, 0.3) is 6.01 Å². The topological polar surface area (TPSA) is 124 Å². The Balaban J connectivity index is 1.40. The molecule has 9 heteroatoms. The number of aryl methyl sites for hydroxylation is 1. The molecule has 2 aromatic heterocycles. The lowest BCUT2D eigenvalue weighted by molar-refractivity contribution is 0.626. The summed E-state index contributed by atoms with van der Waals surface area (Å²) in [6.45, 7) is 7.50. The first-order valence-electron chi connectivity index (χ1n) is 12.9. The maximum absolute atomic E-state index is 6.48. The van der Waals surface area contributed by atoms with Gasteiger partial charge in [0.05, 0.1) is 24.3 Å². The minimum absolute atomic E-state index is 0.118. The van der Waals surface area contributed by atoms with E-state index < -0.39 is 0 Å². The summed E-state index contributed by atoms with van der Waals surface area (Å²) in [5.74, 6) is 0.361. The van der Waals surface area contributed by atoms with Crippen molar-refractivity contribution in [3.05, 3.63) is 107 Å². The van der Waals surface area contributed by atoms with Crippen LogP contribution in [0, 0.1) is 6.92 Å². The fourth-order valence-corrected chi connectivity index (χ4v) is 5.55. The number of hydrogen-bond donors (Lipinski definition) is 2. The minimum atomic E-state index is 0.118. The molecule has 0 spiro atoms. The molecule has 4 heterocycles. The maximum atomic E-state index is 6.48. The first kappa shape index (κ1) is 23.7. The molecule has 5 aromatic rings. The van der Waals surface area contributed by atoms with Crippen LogP contribution in [0.5, 0.6) is 0 Å². The minimum Gasteiger partial charge on any atom is -0.424 e. The van der Waals surface area contributed by atoms with E-state index in [1.54, 1.807) is 0 Å². The van der Waals surface area contributed by atoms with E-state index in [1.807, 2.05) is 41.1 Å². The molecule has 9 nitrogen and oxygen atoms in total. The van der Waals surface area contributed by atoms with E-state index >= 15 is 0 Å². The zero-order valence-electron chi connectivity index (χ0n) is 21.9. The van der Waals surface area contributed by atoms with Gasteiger partial charge < -0.3 is 20.8 Å². The van der Waals surface area contributed by atoms with Crippen molar-refractivity contribution in [2.24, 2.45) is 15.7 Å². The molecule has 7 rings (SSSR count).